The molecule has 2 N–H and O–H groups in total. The highest BCUT2D eigenvalue weighted by Crippen LogP contribution is 2.33. The topological polar surface area (TPSA) is 94.2 Å². The largest absolute Gasteiger partial charge is 0.463 e. The lowest BCUT2D eigenvalue weighted by atomic mass is 9.85. The van der Waals surface area contributed by atoms with Crippen LogP contribution in [0.5, 0.6) is 0 Å². The number of hydrogen-bond acceptors (Lipinski definition) is 5. The molecule has 1 fully saturated rings. The maximum atomic E-state index is 13.4. The first-order valence-electron chi connectivity index (χ1n) is 14.1. The molecule has 216 valence electrons. The van der Waals surface area contributed by atoms with Crippen LogP contribution < -0.4 is 10.6 Å². The Labute approximate surface area is 233 Å². The zero-order valence-corrected chi connectivity index (χ0v) is 25.2. The summed E-state index contributed by atoms with van der Waals surface area (Å²) in [6, 6.07) is 7.13. The van der Waals surface area contributed by atoms with Gasteiger partial charge in [-0.25, -0.2) is 14.4 Å². The monoisotopic (exact) mass is 541 g/mol. The third kappa shape index (κ3) is 7.32. The first-order chi connectivity index (χ1) is 18.2. The van der Waals surface area contributed by atoms with E-state index in [1.54, 1.807) is 11.8 Å². The Morgan fingerprint density at radius 3 is 2.21 bits per heavy atom. The molecule has 9 nitrogen and oxygen atoms in total. The van der Waals surface area contributed by atoms with Crippen LogP contribution in [0.4, 0.5) is 9.59 Å². The number of esters is 1. The van der Waals surface area contributed by atoms with E-state index in [2.05, 4.69) is 48.4 Å². The van der Waals surface area contributed by atoms with Gasteiger partial charge >= 0.3 is 18.0 Å². The van der Waals surface area contributed by atoms with Crippen LogP contribution in [-0.4, -0.2) is 83.6 Å². The number of benzene rings is 1. The highest BCUT2D eigenvalue weighted by molar-refractivity contribution is 5.95. The van der Waals surface area contributed by atoms with Gasteiger partial charge in [-0.2, -0.15) is 0 Å². The fourth-order valence-electron chi connectivity index (χ4n) is 5.17. The van der Waals surface area contributed by atoms with E-state index in [1.165, 1.54) is 5.56 Å². The number of carbonyl (C=O) groups is 3. The lowest BCUT2D eigenvalue weighted by Crippen LogP contribution is -2.59. The number of urea groups is 2. The zero-order valence-electron chi connectivity index (χ0n) is 25.2. The number of nitrogens with zero attached hydrogens (tertiary/aromatic N) is 3. The van der Waals surface area contributed by atoms with Crippen molar-refractivity contribution in [1.29, 1.82) is 0 Å². The summed E-state index contributed by atoms with van der Waals surface area (Å²) in [7, 11) is 0. The van der Waals surface area contributed by atoms with Gasteiger partial charge in [-0.15, -0.1) is 0 Å². The number of piperazine rings is 1. The summed E-state index contributed by atoms with van der Waals surface area (Å²) in [5.41, 5.74) is 2.80. The van der Waals surface area contributed by atoms with E-state index in [-0.39, 0.29) is 35.7 Å². The summed E-state index contributed by atoms with van der Waals surface area (Å²) in [6.45, 7) is 21.0. The Morgan fingerprint density at radius 2 is 1.69 bits per heavy atom. The Kier molecular flexibility index (Phi) is 9.36. The predicted molar refractivity (Wildman–Crippen MR) is 153 cm³/mol. The molecule has 9 heteroatoms. The molecular formula is C30H47N5O4. The molecule has 0 spiro atoms. The van der Waals surface area contributed by atoms with Gasteiger partial charge in [0.15, 0.2) is 0 Å². The first kappa shape index (κ1) is 30.5. The highest BCUT2D eigenvalue weighted by atomic mass is 16.5. The quantitative estimate of drug-likeness (QED) is 0.521. The van der Waals surface area contributed by atoms with Crippen LogP contribution in [0.25, 0.3) is 0 Å². The average molecular weight is 542 g/mol. The molecule has 0 aromatic heterocycles. The highest BCUT2D eigenvalue weighted by Gasteiger charge is 2.39. The van der Waals surface area contributed by atoms with Crippen LogP contribution >= 0.6 is 0 Å². The molecule has 2 aliphatic rings. The van der Waals surface area contributed by atoms with Gasteiger partial charge in [0.1, 0.15) is 0 Å². The number of hydrogen-bond donors (Lipinski definition) is 2. The average Bonchev–Trinajstić information content (AvgIpc) is 2.82. The number of carbonyl (C=O) groups excluding carboxylic acids is 3. The van der Waals surface area contributed by atoms with Gasteiger partial charge in [0, 0.05) is 50.0 Å². The van der Waals surface area contributed by atoms with Crippen molar-refractivity contribution in [3.05, 3.63) is 46.7 Å². The summed E-state index contributed by atoms with van der Waals surface area (Å²) in [5, 5.41) is 6.10. The van der Waals surface area contributed by atoms with Crippen molar-refractivity contribution in [2.45, 2.75) is 85.4 Å². The van der Waals surface area contributed by atoms with E-state index in [9.17, 15) is 14.4 Å². The van der Waals surface area contributed by atoms with Crippen molar-refractivity contribution in [3.8, 4) is 0 Å². The predicted octanol–water partition coefficient (Wildman–Crippen LogP) is 4.40. The van der Waals surface area contributed by atoms with Gasteiger partial charge in [0.05, 0.1) is 18.2 Å². The molecule has 2 unspecified atom stereocenters. The summed E-state index contributed by atoms with van der Waals surface area (Å²) >= 11 is 0. The number of ether oxygens (including phenoxy) is 1. The van der Waals surface area contributed by atoms with Gasteiger partial charge in [-0.3, -0.25) is 9.80 Å². The number of amides is 4. The van der Waals surface area contributed by atoms with Crippen molar-refractivity contribution >= 4 is 18.0 Å². The molecule has 0 aliphatic carbocycles. The van der Waals surface area contributed by atoms with Crippen molar-refractivity contribution in [1.82, 2.24) is 25.3 Å². The van der Waals surface area contributed by atoms with Gasteiger partial charge in [-0.1, -0.05) is 45.0 Å². The number of nitrogens with one attached hydrogen (secondary N) is 2. The van der Waals surface area contributed by atoms with E-state index in [0.29, 0.717) is 44.0 Å². The Hall–Kier alpha value is -3.07. The molecule has 0 radical (unpaired) electrons. The molecule has 0 bridgehead atoms. The fourth-order valence-corrected chi connectivity index (χ4v) is 5.17. The molecule has 2 aliphatic heterocycles. The van der Waals surface area contributed by atoms with Crippen molar-refractivity contribution in [2.24, 2.45) is 0 Å². The second kappa shape index (κ2) is 12.0. The summed E-state index contributed by atoms with van der Waals surface area (Å²) in [5.74, 6) is -0.424. The van der Waals surface area contributed by atoms with Crippen molar-refractivity contribution in [3.63, 3.8) is 0 Å². The molecule has 2 heterocycles. The Morgan fingerprint density at radius 1 is 1.05 bits per heavy atom. The lowest BCUT2D eigenvalue weighted by molar-refractivity contribution is -0.139. The van der Waals surface area contributed by atoms with E-state index in [4.69, 9.17) is 4.74 Å². The molecule has 4 amide bonds. The molecule has 39 heavy (non-hydrogen) atoms. The second-order valence-electron chi connectivity index (χ2n) is 12.5. The lowest BCUT2D eigenvalue weighted by Gasteiger charge is -2.43. The number of rotatable bonds is 6. The Bertz CT molecular complexity index is 1080. The van der Waals surface area contributed by atoms with E-state index >= 15 is 0 Å². The SMILES string of the molecule is CCOC(=O)C1=C(CN2CCN(C(=O)NC(C)(C)C)C(C)C2)N(CC)C(=O)NC1c1ccc(C(C)(C)C)cc1. The van der Waals surface area contributed by atoms with Gasteiger partial charge in [0.2, 0.25) is 0 Å². The van der Waals surface area contributed by atoms with Crippen LogP contribution in [0.15, 0.2) is 35.5 Å². The van der Waals surface area contributed by atoms with Crippen LogP contribution in [0.3, 0.4) is 0 Å². The van der Waals surface area contributed by atoms with E-state index < -0.39 is 12.0 Å². The number of likely N-dealkylation sites (N-methyl/N-ethyl adjacent to an activating group) is 1. The molecule has 1 aromatic rings. The Balaban J connectivity index is 1.95. The van der Waals surface area contributed by atoms with Crippen LogP contribution in [0.1, 0.15) is 79.5 Å². The van der Waals surface area contributed by atoms with Gasteiger partial charge in [-0.05, 0) is 58.1 Å². The maximum absolute atomic E-state index is 13.4. The summed E-state index contributed by atoms with van der Waals surface area (Å²) in [6.07, 6.45) is 0. The molecule has 3 rings (SSSR count). The third-order valence-corrected chi connectivity index (χ3v) is 7.19. The third-order valence-electron chi connectivity index (χ3n) is 7.19. The molecule has 1 saturated heterocycles. The standard InChI is InChI=1S/C30H47N5O4/c1-10-34-23(19-33-16-17-35(20(3)18-33)28(38)32-30(7,8)9)24(26(36)39-11-2)25(31-27(34)37)21-12-14-22(15-13-21)29(4,5)6/h12-15,20,25H,10-11,16-19H2,1-9H3,(H,31,37)(H,32,38). The van der Waals surface area contributed by atoms with Gasteiger partial charge < -0.3 is 20.3 Å². The van der Waals surface area contributed by atoms with Crippen molar-refractivity contribution < 1.29 is 19.1 Å². The second-order valence-corrected chi connectivity index (χ2v) is 12.5. The normalized spacial score (nSPS) is 21.1. The van der Waals surface area contributed by atoms with E-state index in [1.807, 2.05) is 51.7 Å². The fraction of sp³-hybridized carbons (Fsp3) is 0.633. The van der Waals surface area contributed by atoms with Crippen LogP contribution in [0.2, 0.25) is 0 Å². The van der Waals surface area contributed by atoms with Gasteiger partial charge in [0.25, 0.3) is 0 Å². The van der Waals surface area contributed by atoms with Crippen LogP contribution in [0, 0.1) is 0 Å². The van der Waals surface area contributed by atoms with E-state index in [0.717, 1.165) is 5.56 Å². The molecule has 0 saturated carbocycles. The van der Waals surface area contributed by atoms with Crippen molar-refractivity contribution in [2.75, 3.05) is 39.3 Å². The smallest absolute Gasteiger partial charge is 0.338 e. The molecule has 1 aromatic carbocycles. The molecule has 2 atom stereocenters. The maximum Gasteiger partial charge on any atom is 0.338 e. The minimum absolute atomic E-state index is 0.0130. The summed E-state index contributed by atoms with van der Waals surface area (Å²) in [4.78, 5) is 45.3. The summed E-state index contributed by atoms with van der Waals surface area (Å²) < 4.78 is 5.52. The zero-order chi connectivity index (χ0) is 29.1. The van der Waals surface area contributed by atoms with Crippen LogP contribution in [-0.2, 0) is 14.9 Å². The minimum atomic E-state index is -0.611. The molecular weight excluding hydrogens is 494 g/mol. The minimum Gasteiger partial charge on any atom is -0.463 e. The first-order valence-corrected chi connectivity index (χ1v) is 14.1.